The third-order valence-corrected chi connectivity index (χ3v) is 5.10. The van der Waals surface area contributed by atoms with Crippen LogP contribution in [-0.4, -0.2) is 18.0 Å². The molecule has 2 heterocycles. The van der Waals surface area contributed by atoms with Crippen LogP contribution in [0.2, 0.25) is 0 Å². The van der Waals surface area contributed by atoms with Gasteiger partial charge in [-0.05, 0) is 66.2 Å². The molecule has 3 N–H and O–H groups in total. The van der Waals surface area contributed by atoms with Crippen molar-refractivity contribution >= 4 is 28.7 Å². The van der Waals surface area contributed by atoms with Gasteiger partial charge in [-0.2, -0.15) is 0 Å². The van der Waals surface area contributed by atoms with Crippen LogP contribution in [0.1, 0.15) is 34.1 Å². The van der Waals surface area contributed by atoms with Crippen molar-refractivity contribution in [3.63, 3.8) is 0 Å². The van der Waals surface area contributed by atoms with Crippen molar-refractivity contribution < 1.29 is 14.3 Å². The minimum absolute atomic E-state index is 0.180. The molecule has 6 nitrogen and oxygen atoms in total. The van der Waals surface area contributed by atoms with Crippen molar-refractivity contribution in [2.24, 2.45) is 0 Å². The number of nitrogen functional groups attached to an aromatic ring is 1. The molecule has 0 saturated heterocycles. The van der Waals surface area contributed by atoms with Crippen LogP contribution in [0, 0.1) is 6.92 Å². The largest absolute Gasteiger partial charge is 0.447 e. The third kappa shape index (κ3) is 4.68. The zero-order valence-electron chi connectivity index (χ0n) is 16.1. The summed E-state index contributed by atoms with van der Waals surface area (Å²) in [6.07, 6.45) is 0.981. The van der Waals surface area contributed by atoms with Crippen LogP contribution in [0.25, 0.3) is 0 Å². The fourth-order valence-corrected chi connectivity index (χ4v) is 3.51. The van der Waals surface area contributed by atoms with E-state index in [0.29, 0.717) is 23.6 Å². The molecule has 0 saturated carbocycles. The number of hydrogen-bond acceptors (Lipinski definition) is 6. The minimum atomic E-state index is -0.309. The van der Waals surface area contributed by atoms with E-state index in [-0.39, 0.29) is 11.7 Å². The normalized spacial score (nSPS) is 10.7. The maximum Gasteiger partial charge on any atom is 0.259 e. The number of nitrogens with two attached hydrogens (primary N) is 1. The summed E-state index contributed by atoms with van der Waals surface area (Å²) in [5.74, 6) is 0.583. The molecule has 0 unspecified atom stereocenters. The zero-order chi connectivity index (χ0) is 20.1. The number of rotatable bonds is 7. The van der Waals surface area contributed by atoms with Gasteiger partial charge in [0.2, 0.25) is 0 Å². The Kier molecular flexibility index (Phi) is 6.28. The Morgan fingerprint density at radius 3 is 2.64 bits per heavy atom. The average molecular weight is 398 g/mol. The van der Waals surface area contributed by atoms with E-state index in [0.717, 1.165) is 22.7 Å². The first-order chi connectivity index (χ1) is 13.5. The average Bonchev–Trinajstić information content (AvgIpc) is 3.13. The van der Waals surface area contributed by atoms with Crippen molar-refractivity contribution in [3.8, 4) is 10.8 Å². The van der Waals surface area contributed by atoms with Gasteiger partial charge in [0.25, 0.3) is 5.91 Å². The van der Waals surface area contributed by atoms with Crippen molar-refractivity contribution in [2.75, 3.05) is 18.2 Å². The molecule has 0 spiro atoms. The predicted octanol–water partition coefficient (Wildman–Crippen LogP) is 4.79. The summed E-state index contributed by atoms with van der Waals surface area (Å²) < 4.78 is 10.9. The second kappa shape index (κ2) is 8.86. The number of carbonyl (C=O) groups is 1. The van der Waals surface area contributed by atoms with Gasteiger partial charge in [0.15, 0.2) is 5.06 Å². The number of amides is 1. The molecule has 0 aliphatic heterocycles. The van der Waals surface area contributed by atoms with Gasteiger partial charge in [-0.1, -0.05) is 6.92 Å². The van der Waals surface area contributed by atoms with Crippen LogP contribution >= 0.6 is 11.3 Å². The fraction of sp³-hybridized carbons (Fsp3) is 0.238. The fourth-order valence-electron chi connectivity index (χ4n) is 2.65. The van der Waals surface area contributed by atoms with Crippen molar-refractivity contribution in [1.29, 1.82) is 0 Å². The maximum atomic E-state index is 12.6. The molecule has 146 valence electrons. The minimum Gasteiger partial charge on any atom is -0.447 e. The van der Waals surface area contributed by atoms with Crippen LogP contribution < -0.4 is 15.8 Å². The number of hydrogen-bond donors (Lipinski definition) is 2. The van der Waals surface area contributed by atoms with E-state index in [4.69, 9.17) is 15.2 Å². The first kappa shape index (κ1) is 19.9. The SMILES string of the molecule is CCc1csc(Oc2ccc(NC(=O)c3cc(C)c(COC)nc3N)cc2)c1. The highest BCUT2D eigenvalue weighted by molar-refractivity contribution is 7.12. The summed E-state index contributed by atoms with van der Waals surface area (Å²) >= 11 is 1.57. The van der Waals surface area contributed by atoms with Crippen molar-refractivity contribution in [3.05, 3.63) is 64.2 Å². The molecule has 3 rings (SSSR count). The number of nitrogens with one attached hydrogen (secondary N) is 1. The Balaban J connectivity index is 1.68. The number of anilines is 2. The number of pyridine rings is 1. The van der Waals surface area contributed by atoms with Crippen LogP contribution in [0.4, 0.5) is 11.5 Å². The number of ether oxygens (including phenoxy) is 2. The molecule has 0 fully saturated rings. The van der Waals surface area contributed by atoms with Gasteiger partial charge < -0.3 is 20.5 Å². The summed E-state index contributed by atoms with van der Waals surface area (Å²) in [6, 6.07) is 11.0. The first-order valence-electron chi connectivity index (χ1n) is 8.91. The summed E-state index contributed by atoms with van der Waals surface area (Å²) in [5.41, 5.74) is 9.76. The van der Waals surface area contributed by atoms with E-state index in [9.17, 15) is 4.79 Å². The Morgan fingerprint density at radius 2 is 2.00 bits per heavy atom. The molecule has 2 aromatic heterocycles. The smallest absolute Gasteiger partial charge is 0.259 e. The Morgan fingerprint density at radius 1 is 1.25 bits per heavy atom. The number of carbonyl (C=O) groups excluding carboxylic acids is 1. The van der Waals surface area contributed by atoms with E-state index in [2.05, 4.69) is 22.6 Å². The van der Waals surface area contributed by atoms with E-state index < -0.39 is 0 Å². The topological polar surface area (TPSA) is 86.5 Å². The van der Waals surface area contributed by atoms with Crippen LogP contribution in [0.3, 0.4) is 0 Å². The highest BCUT2D eigenvalue weighted by Crippen LogP contribution is 2.29. The van der Waals surface area contributed by atoms with Crippen LogP contribution in [-0.2, 0) is 17.8 Å². The van der Waals surface area contributed by atoms with Gasteiger partial charge in [-0.15, -0.1) is 11.3 Å². The first-order valence-corrected chi connectivity index (χ1v) is 9.79. The lowest BCUT2D eigenvalue weighted by Gasteiger charge is -2.11. The molecule has 1 aromatic carbocycles. The van der Waals surface area contributed by atoms with Gasteiger partial charge in [0.05, 0.1) is 17.9 Å². The standard InChI is InChI=1S/C21H23N3O3S/c1-4-14-10-19(28-12-14)27-16-7-5-15(6-8-16)23-21(25)17-9-13(2)18(11-26-3)24-20(17)22/h5-10,12H,4,11H2,1-3H3,(H2,22,24)(H,23,25). The van der Waals surface area contributed by atoms with Gasteiger partial charge in [0, 0.05) is 12.8 Å². The number of benzene rings is 1. The highest BCUT2D eigenvalue weighted by Gasteiger charge is 2.14. The van der Waals surface area contributed by atoms with E-state index in [1.54, 1.807) is 36.6 Å². The number of nitrogens with zero attached hydrogens (tertiary/aromatic N) is 1. The second-order valence-electron chi connectivity index (χ2n) is 6.33. The maximum absolute atomic E-state index is 12.6. The second-order valence-corrected chi connectivity index (χ2v) is 7.20. The highest BCUT2D eigenvalue weighted by atomic mass is 32.1. The number of aryl methyl sites for hydroxylation is 2. The Bertz CT molecular complexity index is 968. The van der Waals surface area contributed by atoms with Crippen molar-refractivity contribution in [1.82, 2.24) is 4.98 Å². The number of thiophene rings is 1. The van der Waals surface area contributed by atoms with Crippen LogP contribution in [0.15, 0.2) is 41.8 Å². The lowest BCUT2D eigenvalue weighted by atomic mass is 10.1. The monoisotopic (exact) mass is 397 g/mol. The predicted molar refractivity (Wildman–Crippen MR) is 112 cm³/mol. The van der Waals surface area contributed by atoms with E-state index >= 15 is 0 Å². The van der Waals surface area contributed by atoms with Gasteiger partial charge in [-0.3, -0.25) is 4.79 Å². The molecule has 3 aromatic rings. The molecular formula is C21H23N3O3S. The summed E-state index contributed by atoms with van der Waals surface area (Å²) in [6.45, 7) is 4.33. The lowest BCUT2D eigenvalue weighted by Crippen LogP contribution is -2.16. The van der Waals surface area contributed by atoms with Crippen molar-refractivity contribution in [2.45, 2.75) is 26.9 Å². The van der Waals surface area contributed by atoms with E-state index in [1.807, 2.05) is 25.1 Å². The summed E-state index contributed by atoms with van der Waals surface area (Å²) in [4.78, 5) is 16.8. The molecule has 0 atom stereocenters. The quantitative estimate of drug-likeness (QED) is 0.599. The molecule has 28 heavy (non-hydrogen) atoms. The Hall–Kier alpha value is -2.90. The lowest BCUT2D eigenvalue weighted by molar-refractivity contribution is 0.102. The molecule has 1 amide bonds. The zero-order valence-corrected chi connectivity index (χ0v) is 16.9. The van der Waals surface area contributed by atoms with Gasteiger partial charge >= 0.3 is 0 Å². The number of methoxy groups -OCH3 is 1. The summed E-state index contributed by atoms with van der Waals surface area (Å²) in [5, 5.41) is 5.77. The molecule has 0 aliphatic carbocycles. The molecule has 0 bridgehead atoms. The molecule has 0 aliphatic rings. The third-order valence-electron chi connectivity index (χ3n) is 4.24. The van der Waals surface area contributed by atoms with Gasteiger partial charge in [-0.25, -0.2) is 4.98 Å². The summed E-state index contributed by atoms with van der Waals surface area (Å²) in [7, 11) is 1.59. The Labute approximate surface area is 168 Å². The molecule has 0 radical (unpaired) electrons. The van der Waals surface area contributed by atoms with Gasteiger partial charge in [0.1, 0.15) is 11.6 Å². The molecular weight excluding hydrogens is 374 g/mol. The van der Waals surface area contributed by atoms with E-state index in [1.165, 1.54) is 5.56 Å². The number of aromatic nitrogens is 1. The van der Waals surface area contributed by atoms with Crippen LogP contribution in [0.5, 0.6) is 10.8 Å². The molecule has 7 heteroatoms.